The lowest BCUT2D eigenvalue weighted by molar-refractivity contribution is 0.171. The van der Waals surface area contributed by atoms with E-state index in [0.29, 0.717) is 47.8 Å². The Labute approximate surface area is 187 Å². The number of fused-ring (bicyclic) bond motifs is 1. The molecule has 1 fully saturated rings. The summed E-state index contributed by atoms with van der Waals surface area (Å²) in [6.07, 6.45) is 1.23. The summed E-state index contributed by atoms with van der Waals surface area (Å²) >= 11 is 11.7. The molecule has 2 aliphatic heterocycles. The largest absolute Gasteiger partial charge is 0.486 e. The number of hydrogen-bond donors (Lipinski definition) is 2. The van der Waals surface area contributed by atoms with E-state index in [2.05, 4.69) is 39.3 Å². The highest BCUT2D eigenvalue weighted by Gasteiger charge is 2.23. The number of nitrogens with zero attached hydrogens (tertiary/aromatic N) is 3. The molecule has 0 radical (unpaired) electrons. The van der Waals surface area contributed by atoms with Gasteiger partial charge in [-0.1, -0.05) is 31.5 Å². The van der Waals surface area contributed by atoms with Gasteiger partial charge in [-0.05, 0) is 48.2 Å². The van der Waals surface area contributed by atoms with Gasteiger partial charge < -0.3 is 25.0 Å². The van der Waals surface area contributed by atoms with Crippen molar-refractivity contribution in [2.24, 2.45) is 11.8 Å². The van der Waals surface area contributed by atoms with Crippen LogP contribution in [0.2, 0.25) is 5.15 Å². The number of ether oxygens (including phenoxy) is 2. The highest BCUT2D eigenvalue weighted by Crippen LogP contribution is 2.31. The fraction of sp³-hybridized carbons (Fsp3) is 0.476. The zero-order chi connectivity index (χ0) is 21.1. The van der Waals surface area contributed by atoms with E-state index >= 15 is 0 Å². The molecule has 160 valence electrons. The Bertz CT molecular complexity index is 918. The normalized spacial score (nSPS) is 20.6. The maximum Gasteiger partial charge on any atom is 0.232 e. The molecule has 0 spiro atoms. The van der Waals surface area contributed by atoms with Gasteiger partial charge in [0.2, 0.25) is 5.95 Å². The summed E-state index contributed by atoms with van der Waals surface area (Å²) in [4.78, 5) is 11.2. The van der Waals surface area contributed by atoms with Crippen LogP contribution in [0.1, 0.15) is 25.8 Å². The topological polar surface area (TPSA) is 71.5 Å². The van der Waals surface area contributed by atoms with Crippen LogP contribution in [0.25, 0.3) is 0 Å². The molecule has 2 aromatic rings. The predicted octanol–water partition coefficient (Wildman–Crippen LogP) is 3.87. The van der Waals surface area contributed by atoms with Crippen molar-refractivity contribution in [3.8, 4) is 11.5 Å². The molecule has 0 amide bonds. The van der Waals surface area contributed by atoms with Crippen LogP contribution in [0.4, 0.5) is 11.8 Å². The summed E-state index contributed by atoms with van der Waals surface area (Å²) < 4.78 is 11.2. The Morgan fingerprint density at radius 1 is 1.13 bits per heavy atom. The molecule has 1 saturated heterocycles. The maximum absolute atomic E-state index is 6.26. The third kappa shape index (κ3) is 5.23. The lowest BCUT2D eigenvalue weighted by atomic mass is 9.92. The summed E-state index contributed by atoms with van der Waals surface area (Å²) in [5, 5.41) is 7.04. The van der Waals surface area contributed by atoms with Crippen LogP contribution in [0.5, 0.6) is 11.5 Å². The molecule has 9 heteroatoms. The number of benzene rings is 1. The van der Waals surface area contributed by atoms with Crippen molar-refractivity contribution in [3.63, 3.8) is 0 Å². The van der Waals surface area contributed by atoms with E-state index in [-0.39, 0.29) is 0 Å². The van der Waals surface area contributed by atoms with Crippen molar-refractivity contribution in [1.29, 1.82) is 0 Å². The van der Waals surface area contributed by atoms with E-state index in [1.165, 1.54) is 6.42 Å². The molecule has 2 N–H and O–H groups in total. The Morgan fingerprint density at radius 3 is 2.63 bits per heavy atom. The van der Waals surface area contributed by atoms with Crippen molar-refractivity contribution in [2.75, 3.05) is 36.5 Å². The van der Waals surface area contributed by atoms with Gasteiger partial charge in [-0.15, -0.1) is 0 Å². The quantitative estimate of drug-likeness (QED) is 0.540. The van der Waals surface area contributed by atoms with Crippen LogP contribution in [0.3, 0.4) is 0 Å². The molecule has 0 aliphatic carbocycles. The van der Waals surface area contributed by atoms with E-state index in [4.69, 9.17) is 33.3 Å². The molecule has 0 saturated carbocycles. The lowest BCUT2D eigenvalue weighted by Gasteiger charge is -2.35. The Morgan fingerprint density at radius 2 is 1.87 bits per heavy atom. The van der Waals surface area contributed by atoms with E-state index in [1.54, 1.807) is 0 Å². The number of rotatable bonds is 4. The molecule has 0 bridgehead atoms. The molecule has 4 rings (SSSR count). The molecule has 7 nitrogen and oxygen atoms in total. The zero-order valence-corrected chi connectivity index (χ0v) is 18.7. The first kappa shape index (κ1) is 20.9. The molecule has 0 unspecified atom stereocenters. The van der Waals surface area contributed by atoms with Gasteiger partial charge in [0, 0.05) is 25.7 Å². The van der Waals surface area contributed by atoms with Crippen LogP contribution < -0.4 is 25.0 Å². The second-order valence-electron chi connectivity index (χ2n) is 8.01. The molecular formula is C21H26ClN5O2S. The molecule has 2 aliphatic rings. The van der Waals surface area contributed by atoms with E-state index in [1.807, 2.05) is 24.3 Å². The average molecular weight is 448 g/mol. The number of piperidine rings is 1. The first-order valence-corrected chi connectivity index (χ1v) is 11.0. The minimum atomic E-state index is 0.392. The third-order valence-corrected chi connectivity index (χ3v) is 5.60. The van der Waals surface area contributed by atoms with Gasteiger partial charge in [-0.25, -0.2) is 4.98 Å². The molecule has 1 aromatic heterocycles. The third-order valence-electron chi connectivity index (χ3n) is 5.16. The monoisotopic (exact) mass is 447 g/mol. The fourth-order valence-corrected chi connectivity index (χ4v) is 4.34. The molecule has 1 aromatic carbocycles. The second kappa shape index (κ2) is 9.22. The number of hydrogen-bond acceptors (Lipinski definition) is 6. The van der Waals surface area contributed by atoms with Crippen LogP contribution >= 0.6 is 23.8 Å². The van der Waals surface area contributed by atoms with Gasteiger partial charge in [0.05, 0.1) is 0 Å². The number of aromatic nitrogens is 2. The minimum absolute atomic E-state index is 0.392. The van der Waals surface area contributed by atoms with Crippen molar-refractivity contribution < 1.29 is 9.47 Å². The Balaban J connectivity index is 1.38. The number of thiocarbonyl (C=S) groups is 1. The van der Waals surface area contributed by atoms with Gasteiger partial charge in [0.15, 0.2) is 16.6 Å². The smallest absolute Gasteiger partial charge is 0.232 e. The van der Waals surface area contributed by atoms with Crippen molar-refractivity contribution >= 4 is 40.7 Å². The van der Waals surface area contributed by atoms with Crippen LogP contribution in [-0.2, 0) is 6.54 Å². The first-order chi connectivity index (χ1) is 14.5. The summed E-state index contributed by atoms with van der Waals surface area (Å²) in [6.45, 7) is 8.14. The minimum Gasteiger partial charge on any atom is -0.486 e. The zero-order valence-electron chi connectivity index (χ0n) is 17.2. The number of anilines is 2. The van der Waals surface area contributed by atoms with Gasteiger partial charge in [0.1, 0.15) is 24.2 Å². The summed E-state index contributed by atoms with van der Waals surface area (Å²) in [6, 6.07) is 7.66. The maximum atomic E-state index is 6.26. The second-order valence-corrected chi connectivity index (χ2v) is 8.80. The summed E-state index contributed by atoms with van der Waals surface area (Å²) in [5.41, 5.74) is 1.03. The lowest BCUT2D eigenvalue weighted by Crippen LogP contribution is -2.39. The Kier molecular flexibility index (Phi) is 6.43. The van der Waals surface area contributed by atoms with Crippen LogP contribution in [-0.4, -0.2) is 41.4 Å². The van der Waals surface area contributed by atoms with Gasteiger partial charge >= 0.3 is 0 Å². The van der Waals surface area contributed by atoms with E-state index in [9.17, 15) is 0 Å². The van der Waals surface area contributed by atoms with Gasteiger partial charge in [0.25, 0.3) is 0 Å². The van der Waals surface area contributed by atoms with Crippen LogP contribution in [0, 0.1) is 11.8 Å². The molecule has 2 atom stereocenters. The van der Waals surface area contributed by atoms with Crippen molar-refractivity contribution in [1.82, 2.24) is 15.3 Å². The SMILES string of the molecule is C[C@H]1C[C@H](C)CN(c2cc(Cl)nc(NC(=S)NCc3ccc4c(c3)OCCO4)n2)C1. The first-order valence-electron chi connectivity index (χ1n) is 10.2. The molecule has 3 heterocycles. The Hall–Kier alpha value is -2.32. The number of halogens is 1. The van der Waals surface area contributed by atoms with Gasteiger partial charge in [-0.3, -0.25) is 0 Å². The standard InChI is InChI=1S/C21H26ClN5O2S/c1-13-7-14(2)12-27(11-13)19-9-18(22)24-20(25-19)26-21(30)23-10-15-3-4-16-17(8-15)29-6-5-28-16/h3-4,8-9,13-14H,5-7,10-12H2,1-2H3,(H2,23,24,25,26,30)/t13-,14-/m0/s1. The van der Waals surface area contributed by atoms with E-state index < -0.39 is 0 Å². The van der Waals surface area contributed by atoms with E-state index in [0.717, 1.165) is 36.0 Å². The summed E-state index contributed by atoms with van der Waals surface area (Å²) in [7, 11) is 0. The highest BCUT2D eigenvalue weighted by molar-refractivity contribution is 7.80. The summed E-state index contributed by atoms with van der Waals surface area (Å²) in [5.74, 6) is 3.98. The van der Waals surface area contributed by atoms with Crippen molar-refractivity contribution in [3.05, 3.63) is 35.0 Å². The average Bonchev–Trinajstić information content (AvgIpc) is 2.71. The molecular weight excluding hydrogens is 422 g/mol. The number of nitrogens with one attached hydrogen (secondary N) is 2. The van der Waals surface area contributed by atoms with Gasteiger partial charge in [-0.2, -0.15) is 4.98 Å². The fourth-order valence-electron chi connectivity index (χ4n) is 4.00. The molecule has 30 heavy (non-hydrogen) atoms. The van der Waals surface area contributed by atoms with Crippen LogP contribution in [0.15, 0.2) is 24.3 Å². The van der Waals surface area contributed by atoms with Crippen molar-refractivity contribution in [2.45, 2.75) is 26.8 Å². The predicted molar refractivity (Wildman–Crippen MR) is 123 cm³/mol. The highest BCUT2D eigenvalue weighted by atomic mass is 35.5.